The number of hydrogen-bond donors (Lipinski definition) is 4. The summed E-state index contributed by atoms with van der Waals surface area (Å²) in [7, 11) is 0. The molecule has 5 N–H and O–H groups in total. The standard InChI is InChI=1S/C13H21NO3/c1-4-10(14-8(2)3)13(17)9-5-6-11(15)12(16)7-9/h5-8,10,13-17H,4H2,1-3H3/p+1/t10-,13+/m1/s1. The van der Waals surface area contributed by atoms with Crippen LogP contribution < -0.4 is 5.32 Å². The van der Waals surface area contributed by atoms with Gasteiger partial charge in [-0.1, -0.05) is 13.0 Å². The normalized spacial score (nSPS) is 14.9. The van der Waals surface area contributed by atoms with Gasteiger partial charge in [0.25, 0.3) is 0 Å². The van der Waals surface area contributed by atoms with Gasteiger partial charge in [-0.3, -0.25) is 0 Å². The second kappa shape index (κ2) is 5.89. The molecule has 0 unspecified atom stereocenters. The first-order valence-electron chi connectivity index (χ1n) is 6.00. The second-order valence-corrected chi connectivity index (χ2v) is 4.70. The average Bonchev–Trinajstić information content (AvgIpc) is 2.28. The Morgan fingerprint density at radius 1 is 1.18 bits per heavy atom. The summed E-state index contributed by atoms with van der Waals surface area (Å²) in [5.41, 5.74) is 0.629. The van der Waals surface area contributed by atoms with Crippen molar-refractivity contribution in [1.29, 1.82) is 0 Å². The molecule has 2 atom stereocenters. The van der Waals surface area contributed by atoms with E-state index < -0.39 is 6.10 Å². The maximum absolute atomic E-state index is 10.2. The van der Waals surface area contributed by atoms with E-state index in [0.717, 1.165) is 6.42 Å². The van der Waals surface area contributed by atoms with E-state index in [-0.39, 0.29) is 17.5 Å². The number of quaternary nitrogens is 1. The van der Waals surface area contributed by atoms with Gasteiger partial charge in [-0.15, -0.1) is 0 Å². The average molecular weight is 240 g/mol. The van der Waals surface area contributed by atoms with Gasteiger partial charge in [-0.2, -0.15) is 0 Å². The maximum Gasteiger partial charge on any atom is 0.157 e. The van der Waals surface area contributed by atoms with Crippen molar-refractivity contribution in [2.75, 3.05) is 0 Å². The fourth-order valence-corrected chi connectivity index (χ4v) is 1.93. The zero-order chi connectivity index (χ0) is 13.0. The number of aliphatic hydroxyl groups excluding tert-OH is 1. The van der Waals surface area contributed by atoms with Gasteiger partial charge in [-0.05, 0) is 38.0 Å². The lowest BCUT2D eigenvalue weighted by molar-refractivity contribution is -0.723. The lowest BCUT2D eigenvalue weighted by Crippen LogP contribution is -2.94. The van der Waals surface area contributed by atoms with Crippen molar-refractivity contribution in [2.45, 2.75) is 45.4 Å². The molecule has 0 radical (unpaired) electrons. The molecule has 0 spiro atoms. The summed E-state index contributed by atoms with van der Waals surface area (Å²) in [4.78, 5) is 0. The maximum atomic E-state index is 10.2. The van der Waals surface area contributed by atoms with E-state index in [2.05, 4.69) is 19.2 Å². The SMILES string of the molecule is CC[C@@H]([NH2+]C(C)C)[C@@H](O)c1ccc(O)c(O)c1. The van der Waals surface area contributed by atoms with Crippen LogP contribution in [0.15, 0.2) is 18.2 Å². The zero-order valence-electron chi connectivity index (χ0n) is 10.6. The van der Waals surface area contributed by atoms with Crippen LogP contribution in [0.2, 0.25) is 0 Å². The Kier molecular flexibility index (Phi) is 4.78. The summed E-state index contributed by atoms with van der Waals surface area (Å²) in [6.07, 6.45) is 0.190. The molecule has 0 aliphatic carbocycles. The molecule has 1 aromatic carbocycles. The molecule has 0 saturated carbocycles. The van der Waals surface area contributed by atoms with Gasteiger partial charge in [0.2, 0.25) is 0 Å². The minimum Gasteiger partial charge on any atom is -0.504 e. The van der Waals surface area contributed by atoms with E-state index in [0.29, 0.717) is 11.6 Å². The van der Waals surface area contributed by atoms with Gasteiger partial charge in [0.05, 0.1) is 6.04 Å². The summed E-state index contributed by atoms with van der Waals surface area (Å²) in [5.74, 6) is -0.359. The number of aromatic hydroxyl groups is 2. The number of rotatable bonds is 5. The van der Waals surface area contributed by atoms with Gasteiger partial charge in [0, 0.05) is 0 Å². The Hall–Kier alpha value is -1.26. The molecule has 96 valence electrons. The van der Waals surface area contributed by atoms with Crippen molar-refractivity contribution >= 4 is 0 Å². The van der Waals surface area contributed by atoms with Crippen LogP contribution in [-0.4, -0.2) is 27.4 Å². The second-order valence-electron chi connectivity index (χ2n) is 4.70. The van der Waals surface area contributed by atoms with Crippen LogP contribution in [0.4, 0.5) is 0 Å². The number of phenols is 2. The van der Waals surface area contributed by atoms with Gasteiger partial charge in [0.1, 0.15) is 12.1 Å². The molecule has 1 aromatic rings. The monoisotopic (exact) mass is 240 g/mol. The van der Waals surface area contributed by atoms with Crippen LogP contribution in [0.1, 0.15) is 38.9 Å². The van der Waals surface area contributed by atoms with E-state index in [9.17, 15) is 15.3 Å². The minimum atomic E-state index is -0.645. The summed E-state index contributed by atoms with van der Waals surface area (Å²) in [5, 5.41) is 31.0. The largest absolute Gasteiger partial charge is 0.504 e. The van der Waals surface area contributed by atoms with Gasteiger partial charge in [0.15, 0.2) is 11.5 Å². The van der Waals surface area contributed by atoms with Crippen molar-refractivity contribution in [3.05, 3.63) is 23.8 Å². The lowest BCUT2D eigenvalue weighted by atomic mass is 9.99. The smallest absolute Gasteiger partial charge is 0.157 e. The first-order valence-corrected chi connectivity index (χ1v) is 6.00. The molecule has 0 bridgehead atoms. The Morgan fingerprint density at radius 3 is 2.29 bits per heavy atom. The van der Waals surface area contributed by atoms with Crippen LogP contribution in [-0.2, 0) is 0 Å². The summed E-state index contributed by atoms with van der Waals surface area (Å²) in [6, 6.07) is 4.91. The summed E-state index contributed by atoms with van der Waals surface area (Å²) in [6.45, 7) is 6.17. The molecule has 0 amide bonds. The van der Waals surface area contributed by atoms with Crippen LogP contribution in [0.5, 0.6) is 11.5 Å². The zero-order valence-corrected chi connectivity index (χ0v) is 10.6. The van der Waals surface area contributed by atoms with Gasteiger partial charge < -0.3 is 20.6 Å². The topological polar surface area (TPSA) is 77.3 Å². The Labute approximate surface area is 102 Å². The van der Waals surface area contributed by atoms with Crippen LogP contribution >= 0.6 is 0 Å². The third kappa shape index (κ3) is 3.61. The van der Waals surface area contributed by atoms with Crippen LogP contribution in [0.25, 0.3) is 0 Å². The quantitative estimate of drug-likeness (QED) is 0.577. The van der Waals surface area contributed by atoms with Gasteiger partial charge >= 0.3 is 0 Å². The van der Waals surface area contributed by atoms with Crippen LogP contribution in [0.3, 0.4) is 0 Å². The number of phenolic OH excluding ortho intramolecular Hbond substituents is 2. The summed E-state index contributed by atoms with van der Waals surface area (Å²) < 4.78 is 0. The first kappa shape index (κ1) is 13.8. The minimum absolute atomic E-state index is 0.0546. The van der Waals surface area contributed by atoms with E-state index in [1.165, 1.54) is 12.1 Å². The van der Waals surface area contributed by atoms with Crippen molar-refractivity contribution in [3.63, 3.8) is 0 Å². The molecule has 1 rings (SSSR count). The van der Waals surface area contributed by atoms with E-state index >= 15 is 0 Å². The molecule has 0 heterocycles. The van der Waals surface area contributed by atoms with Crippen molar-refractivity contribution < 1.29 is 20.6 Å². The molecule has 0 saturated heterocycles. The molecule has 0 aliphatic heterocycles. The number of hydrogen-bond acceptors (Lipinski definition) is 3. The predicted octanol–water partition coefficient (Wildman–Crippen LogP) is 0.882. The molecule has 0 fully saturated rings. The Bertz CT molecular complexity index is 366. The molecule has 17 heavy (non-hydrogen) atoms. The fraction of sp³-hybridized carbons (Fsp3) is 0.538. The Morgan fingerprint density at radius 2 is 1.82 bits per heavy atom. The Balaban J connectivity index is 2.85. The summed E-state index contributed by atoms with van der Waals surface area (Å²) >= 11 is 0. The van der Waals surface area contributed by atoms with Crippen molar-refractivity contribution in [2.24, 2.45) is 0 Å². The van der Waals surface area contributed by atoms with Gasteiger partial charge in [-0.25, -0.2) is 0 Å². The third-order valence-electron chi connectivity index (χ3n) is 2.85. The highest BCUT2D eigenvalue weighted by atomic mass is 16.3. The molecular formula is C13H22NO3+. The molecule has 0 aliphatic rings. The number of nitrogens with two attached hydrogens (primary N) is 1. The van der Waals surface area contributed by atoms with E-state index in [4.69, 9.17) is 0 Å². The predicted molar refractivity (Wildman–Crippen MR) is 65.9 cm³/mol. The molecule has 4 nitrogen and oxygen atoms in total. The molecular weight excluding hydrogens is 218 g/mol. The highest BCUT2D eigenvalue weighted by Crippen LogP contribution is 2.28. The molecule has 0 aromatic heterocycles. The highest BCUT2D eigenvalue weighted by molar-refractivity contribution is 5.41. The fourth-order valence-electron chi connectivity index (χ4n) is 1.93. The number of benzene rings is 1. The van der Waals surface area contributed by atoms with E-state index in [1.54, 1.807) is 6.07 Å². The molecule has 4 heteroatoms. The third-order valence-corrected chi connectivity index (χ3v) is 2.85. The number of aliphatic hydroxyl groups is 1. The lowest BCUT2D eigenvalue weighted by Gasteiger charge is -2.22. The highest BCUT2D eigenvalue weighted by Gasteiger charge is 2.23. The van der Waals surface area contributed by atoms with E-state index in [1.807, 2.05) is 6.92 Å². The van der Waals surface area contributed by atoms with Crippen LogP contribution in [0, 0.1) is 0 Å². The first-order chi connectivity index (χ1) is 7.95. The van der Waals surface area contributed by atoms with Crippen molar-refractivity contribution in [1.82, 2.24) is 0 Å². The van der Waals surface area contributed by atoms with Crippen molar-refractivity contribution in [3.8, 4) is 11.5 Å².